The third-order valence-corrected chi connectivity index (χ3v) is 4.19. The van der Waals surface area contributed by atoms with E-state index in [-0.39, 0.29) is 16.8 Å². The van der Waals surface area contributed by atoms with Crippen LogP contribution in [0.15, 0.2) is 9.59 Å². The van der Waals surface area contributed by atoms with Crippen LogP contribution in [0.1, 0.15) is 33.6 Å². The average Bonchev–Trinajstić information content (AvgIpc) is 2.97. The lowest BCUT2D eigenvalue weighted by molar-refractivity contribution is 0.359. The van der Waals surface area contributed by atoms with Crippen LogP contribution in [0.5, 0.6) is 0 Å². The van der Waals surface area contributed by atoms with E-state index < -0.39 is 0 Å². The van der Waals surface area contributed by atoms with E-state index in [0.717, 1.165) is 19.4 Å². The Labute approximate surface area is 141 Å². The summed E-state index contributed by atoms with van der Waals surface area (Å²) in [4.78, 5) is 28.9. The van der Waals surface area contributed by atoms with Crippen LogP contribution in [0, 0.1) is 5.92 Å². The van der Waals surface area contributed by atoms with Gasteiger partial charge in [-0.15, -0.1) is 10.2 Å². The van der Waals surface area contributed by atoms with Crippen LogP contribution in [-0.2, 0) is 19.6 Å². The Morgan fingerprint density at radius 3 is 2.38 bits per heavy atom. The number of hydrogen-bond acceptors (Lipinski definition) is 5. The van der Waals surface area contributed by atoms with Gasteiger partial charge in [0.2, 0.25) is 0 Å². The zero-order chi connectivity index (χ0) is 17.9. The highest BCUT2D eigenvalue weighted by molar-refractivity contribution is 5.67. The Morgan fingerprint density at radius 1 is 1.08 bits per heavy atom. The minimum absolute atomic E-state index is 0.283. The molecule has 0 radical (unpaired) electrons. The van der Waals surface area contributed by atoms with E-state index in [0.29, 0.717) is 31.2 Å². The van der Waals surface area contributed by atoms with Crippen LogP contribution in [0.2, 0.25) is 0 Å². The molecule has 0 N–H and O–H groups in total. The molecule has 2 aromatic heterocycles. The second-order valence-corrected chi connectivity index (χ2v) is 6.63. The number of fused-ring (bicyclic) bond motifs is 1. The number of rotatable bonds is 8. The van der Waals surface area contributed by atoms with E-state index in [9.17, 15) is 9.59 Å². The predicted molar refractivity (Wildman–Crippen MR) is 94.3 cm³/mol. The summed E-state index contributed by atoms with van der Waals surface area (Å²) in [5, 5.41) is 8.77. The largest absolute Gasteiger partial charge is 0.332 e. The fourth-order valence-corrected chi connectivity index (χ4v) is 2.53. The van der Waals surface area contributed by atoms with Crippen LogP contribution < -0.4 is 11.2 Å². The quantitative estimate of drug-likeness (QED) is 0.712. The number of hydrogen-bond donors (Lipinski definition) is 0. The monoisotopic (exact) mass is 336 g/mol. The molecule has 0 saturated heterocycles. The first-order valence-corrected chi connectivity index (χ1v) is 8.62. The lowest BCUT2D eigenvalue weighted by Gasteiger charge is -2.13. The summed E-state index contributed by atoms with van der Waals surface area (Å²) >= 11 is 0. The Balaban J connectivity index is 2.61. The van der Waals surface area contributed by atoms with Crippen molar-refractivity contribution in [3.8, 4) is 0 Å². The summed E-state index contributed by atoms with van der Waals surface area (Å²) in [6.07, 6.45) is 1.67. The minimum Gasteiger partial charge on any atom is -0.307 e. The van der Waals surface area contributed by atoms with Crippen molar-refractivity contribution < 1.29 is 0 Å². The van der Waals surface area contributed by atoms with Crippen LogP contribution in [0.3, 0.4) is 0 Å². The summed E-state index contributed by atoms with van der Waals surface area (Å²) in [6, 6.07) is 0. The Hall–Kier alpha value is -1.96. The summed E-state index contributed by atoms with van der Waals surface area (Å²) in [6.45, 7) is 8.41. The normalized spacial score (nSPS) is 13.1. The third kappa shape index (κ3) is 3.75. The van der Waals surface area contributed by atoms with Crippen molar-refractivity contribution in [1.29, 1.82) is 0 Å². The van der Waals surface area contributed by atoms with Crippen LogP contribution in [0.4, 0.5) is 0 Å². The number of aromatic nitrogens is 5. The molecule has 8 nitrogen and oxygen atoms in total. The van der Waals surface area contributed by atoms with Crippen molar-refractivity contribution in [3.05, 3.63) is 20.8 Å². The van der Waals surface area contributed by atoms with E-state index in [2.05, 4.69) is 24.0 Å². The van der Waals surface area contributed by atoms with Gasteiger partial charge in [-0.1, -0.05) is 27.2 Å². The molecule has 0 spiro atoms. The molecular weight excluding hydrogens is 308 g/mol. The van der Waals surface area contributed by atoms with E-state index in [4.69, 9.17) is 0 Å². The minimum atomic E-state index is -0.339. The van der Waals surface area contributed by atoms with Gasteiger partial charge in [-0.2, -0.15) is 4.80 Å². The molecule has 0 bridgehead atoms. The zero-order valence-electron chi connectivity index (χ0n) is 15.3. The highest BCUT2D eigenvalue weighted by atomic mass is 16.2. The zero-order valence-corrected chi connectivity index (χ0v) is 15.3. The second kappa shape index (κ2) is 7.74. The average molecular weight is 336 g/mol. The second-order valence-electron chi connectivity index (χ2n) is 6.63. The van der Waals surface area contributed by atoms with Gasteiger partial charge in [0.15, 0.2) is 11.2 Å². The molecule has 0 aliphatic carbocycles. The molecule has 134 valence electrons. The molecule has 1 atom stereocenters. The van der Waals surface area contributed by atoms with Crippen molar-refractivity contribution in [2.24, 2.45) is 5.92 Å². The Bertz CT molecular complexity index is 801. The first-order chi connectivity index (χ1) is 11.4. The lowest BCUT2D eigenvalue weighted by Crippen LogP contribution is -2.40. The predicted octanol–water partition coefficient (Wildman–Crippen LogP) is 0.772. The smallest absolute Gasteiger partial charge is 0.307 e. The van der Waals surface area contributed by atoms with Crippen molar-refractivity contribution in [2.45, 2.75) is 53.2 Å². The molecule has 24 heavy (non-hydrogen) atoms. The highest BCUT2D eigenvalue weighted by Gasteiger charge is 2.18. The molecule has 2 rings (SSSR count). The van der Waals surface area contributed by atoms with Gasteiger partial charge < -0.3 is 4.90 Å². The highest BCUT2D eigenvalue weighted by Crippen LogP contribution is 2.08. The van der Waals surface area contributed by atoms with Crippen molar-refractivity contribution in [1.82, 2.24) is 29.0 Å². The molecule has 2 aromatic rings. The van der Waals surface area contributed by atoms with E-state index in [1.54, 1.807) is 4.57 Å². The number of nitrogens with zero attached hydrogens (tertiary/aromatic N) is 6. The fourth-order valence-electron chi connectivity index (χ4n) is 2.53. The van der Waals surface area contributed by atoms with Gasteiger partial charge in [0.05, 0.1) is 6.54 Å². The molecule has 1 unspecified atom stereocenters. The first-order valence-electron chi connectivity index (χ1n) is 8.62. The van der Waals surface area contributed by atoms with Gasteiger partial charge in [0, 0.05) is 19.6 Å². The SMILES string of the molecule is CCCn1c(=O)c2nn(CCN(C)C)nc2n(CC(C)CC)c1=O. The van der Waals surface area contributed by atoms with E-state index in [1.807, 2.05) is 25.9 Å². The maximum Gasteiger partial charge on any atom is 0.332 e. The maximum atomic E-state index is 12.8. The van der Waals surface area contributed by atoms with Crippen LogP contribution >= 0.6 is 0 Å². The maximum absolute atomic E-state index is 12.8. The standard InChI is InChI=1S/C16H28N6O2/c1-6-8-20-15(23)13-14(18-22(17-13)10-9-19(4)5)21(16(20)24)11-12(3)7-2/h12H,6-11H2,1-5H3. The summed E-state index contributed by atoms with van der Waals surface area (Å²) < 4.78 is 2.90. The van der Waals surface area contributed by atoms with E-state index in [1.165, 1.54) is 9.36 Å². The van der Waals surface area contributed by atoms with Crippen LogP contribution in [-0.4, -0.2) is 49.7 Å². The van der Waals surface area contributed by atoms with E-state index >= 15 is 0 Å². The van der Waals surface area contributed by atoms with Crippen molar-refractivity contribution in [2.75, 3.05) is 20.6 Å². The molecule has 0 aliphatic rings. The molecular formula is C16H28N6O2. The van der Waals surface area contributed by atoms with Gasteiger partial charge in [0.25, 0.3) is 5.56 Å². The summed E-state index contributed by atoms with van der Waals surface area (Å²) in [7, 11) is 3.94. The first kappa shape index (κ1) is 18.4. The molecule has 0 aliphatic heterocycles. The van der Waals surface area contributed by atoms with Crippen molar-refractivity contribution >= 4 is 11.2 Å². The molecule has 0 fully saturated rings. The molecule has 2 heterocycles. The Morgan fingerprint density at radius 2 is 1.79 bits per heavy atom. The molecule has 0 saturated carbocycles. The van der Waals surface area contributed by atoms with Crippen LogP contribution in [0.25, 0.3) is 11.2 Å². The Kier molecular flexibility index (Phi) is 5.93. The fraction of sp³-hybridized carbons (Fsp3) is 0.750. The van der Waals surface area contributed by atoms with Gasteiger partial charge >= 0.3 is 5.69 Å². The lowest BCUT2D eigenvalue weighted by atomic mass is 10.1. The van der Waals surface area contributed by atoms with Gasteiger partial charge in [-0.25, -0.2) is 4.79 Å². The van der Waals surface area contributed by atoms with Gasteiger partial charge in [0.1, 0.15) is 0 Å². The summed E-state index contributed by atoms with van der Waals surface area (Å²) in [5.41, 5.74) is 0.0594. The summed E-state index contributed by atoms with van der Waals surface area (Å²) in [5.74, 6) is 0.324. The van der Waals surface area contributed by atoms with Gasteiger partial charge in [-0.3, -0.25) is 13.9 Å². The number of likely N-dealkylation sites (N-methyl/N-ethyl adjacent to an activating group) is 1. The van der Waals surface area contributed by atoms with Crippen molar-refractivity contribution in [3.63, 3.8) is 0 Å². The molecule has 0 amide bonds. The molecule has 8 heteroatoms. The topological polar surface area (TPSA) is 78.0 Å². The van der Waals surface area contributed by atoms with Gasteiger partial charge in [-0.05, 0) is 26.4 Å². The third-order valence-electron chi connectivity index (χ3n) is 4.19. The molecule has 0 aromatic carbocycles.